The van der Waals surface area contributed by atoms with Crippen molar-refractivity contribution in [3.63, 3.8) is 0 Å². The summed E-state index contributed by atoms with van der Waals surface area (Å²) in [5.41, 5.74) is 0.470. The van der Waals surface area contributed by atoms with Gasteiger partial charge in [-0.05, 0) is 37.6 Å². The summed E-state index contributed by atoms with van der Waals surface area (Å²) in [6, 6.07) is 8.05. The second-order valence-electron chi connectivity index (χ2n) is 3.77. The zero-order valence-electron chi connectivity index (χ0n) is 10.9. The lowest BCUT2D eigenvalue weighted by Gasteiger charge is -2.12. The van der Waals surface area contributed by atoms with Crippen LogP contribution in [0.2, 0.25) is 0 Å². The Morgan fingerprint density at radius 3 is 2.32 bits per heavy atom. The molecule has 0 spiro atoms. The Bertz CT molecular complexity index is 487. The van der Waals surface area contributed by atoms with Gasteiger partial charge in [0.1, 0.15) is 5.75 Å². The summed E-state index contributed by atoms with van der Waals surface area (Å²) in [4.78, 5) is 23.4. The van der Waals surface area contributed by atoms with Crippen LogP contribution in [0.25, 0.3) is 0 Å². The third-order valence-corrected chi connectivity index (χ3v) is 2.47. The highest BCUT2D eigenvalue weighted by molar-refractivity contribution is 5.95. The fraction of sp³-hybridized carbons (Fsp3) is 0.357. The molecule has 1 rings (SSSR count). The van der Waals surface area contributed by atoms with Crippen LogP contribution in [-0.4, -0.2) is 18.5 Å². The maximum absolute atomic E-state index is 11.8. The number of rotatable bonds is 5. The summed E-state index contributed by atoms with van der Waals surface area (Å²) >= 11 is 0. The highest BCUT2D eigenvalue weighted by Gasteiger charge is 2.28. The van der Waals surface area contributed by atoms with Crippen LogP contribution in [0.3, 0.4) is 0 Å². The highest BCUT2D eigenvalue weighted by Crippen LogP contribution is 2.15. The van der Waals surface area contributed by atoms with Crippen LogP contribution in [0.1, 0.15) is 25.8 Å². The standard InChI is InChI=1S/C14H15NO4/c1-3-12(13(16)18-4-2)14(17)19-11-7-5-10(9-15)6-8-11/h5-8,12H,3-4H2,1-2H3. The first kappa shape index (κ1) is 14.7. The monoisotopic (exact) mass is 261 g/mol. The molecule has 0 aliphatic carbocycles. The number of hydrogen-bond donors (Lipinski definition) is 0. The Kier molecular flexibility index (Phi) is 5.55. The van der Waals surface area contributed by atoms with Crippen molar-refractivity contribution in [1.82, 2.24) is 0 Å². The van der Waals surface area contributed by atoms with Crippen molar-refractivity contribution in [2.24, 2.45) is 5.92 Å². The van der Waals surface area contributed by atoms with Crippen LogP contribution < -0.4 is 4.74 Å². The van der Waals surface area contributed by atoms with Crippen LogP contribution >= 0.6 is 0 Å². The van der Waals surface area contributed by atoms with Crippen molar-refractivity contribution in [3.8, 4) is 11.8 Å². The van der Waals surface area contributed by atoms with E-state index in [0.29, 0.717) is 17.7 Å². The Labute approximate surface area is 111 Å². The molecule has 0 saturated heterocycles. The molecule has 0 fully saturated rings. The molecule has 1 unspecified atom stereocenters. The Morgan fingerprint density at radius 2 is 1.84 bits per heavy atom. The molecule has 0 amide bonds. The minimum absolute atomic E-state index is 0.222. The van der Waals surface area contributed by atoms with Crippen molar-refractivity contribution in [2.45, 2.75) is 20.3 Å². The lowest BCUT2D eigenvalue weighted by atomic mass is 10.1. The lowest BCUT2D eigenvalue weighted by Crippen LogP contribution is -2.29. The number of benzene rings is 1. The average Bonchev–Trinajstić information content (AvgIpc) is 2.40. The third-order valence-electron chi connectivity index (χ3n) is 2.47. The second-order valence-corrected chi connectivity index (χ2v) is 3.77. The molecule has 0 saturated carbocycles. The predicted molar refractivity (Wildman–Crippen MR) is 67.2 cm³/mol. The average molecular weight is 261 g/mol. The molecule has 0 bridgehead atoms. The highest BCUT2D eigenvalue weighted by atomic mass is 16.6. The Balaban J connectivity index is 2.71. The van der Waals surface area contributed by atoms with Gasteiger partial charge in [-0.15, -0.1) is 0 Å². The molecule has 0 aromatic heterocycles. The molecule has 0 N–H and O–H groups in total. The van der Waals surface area contributed by atoms with E-state index < -0.39 is 17.9 Å². The van der Waals surface area contributed by atoms with Gasteiger partial charge in [-0.25, -0.2) is 0 Å². The summed E-state index contributed by atoms with van der Waals surface area (Å²) < 4.78 is 9.89. The molecular formula is C14H15NO4. The van der Waals surface area contributed by atoms with Crippen molar-refractivity contribution in [1.29, 1.82) is 5.26 Å². The maximum Gasteiger partial charge on any atom is 0.325 e. The van der Waals surface area contributed by atoms with E-state index >= 15 is 0 Å². The Morgan fingerprint density at radius 1 is 1.21 bits per heavy atom. The number of carbonyl (C=O) groups is 2. The summed E-state index contributed by atoms with van der Waals surface area (Å²) in [6.07, 6.45) is 0.313. The van der Waals surface area contributed by atoms with Crippen molar-refractivity contribution >= 4 is 11.9 Å². The molecule has 0 heterocycles. The molecule has 0 aliphatic rings. The number of nitriles is 1. The SMILES string of the molecule is CCOC(=O)C(CC)C(=O)Oc1ccc(C#N)cc1. The van der Waals surface area contributed by atoms with Gasteiger partial charge >= 0.3 is 11.9 Å². The van der Waals surface area contributed by atoms with E-state index in [1.807, 2.05) is 6.07 Å². The van der Waals surface area contributed by atoms with Gasteiger partial charge in [-0.1, -0.05) is 6.92 Å². The van der Waals surface area contributed by atoms with Crippen LogP contribution in [-0.2, 0) is 14.3 Å². The minimum Gasteiger partial charge on any atom is -0.465 e. The van der Waals surface area contributed by atoms with Crippen LogP contribution in [0.5, 0.6) is 5.75 Å². The topological polar surface area (TPSA) is 76.4 Å². The number of hydrogen-bond acceptors (Lipinski definition) is 5. The molecular weight excluding hydrogens is 246 g/mol. The van der Waals surface area contributed by atoms with Crippen molar-refractivity contribution in [2.75, 3.05) is 6.61 Å². The molecule has 5 nitrogen and oxygen atoms in total. The fourth-order valence-corrected chi connectivity index (χ4v) is 1.46. The largest absolute Gasteiger partial charge is 0.465 e. The first-order valence-electron chi connectivity index (χ1n) is 6.00. The van der Waals surface area contributed by atoms with E-state index in [1.165, 1.54) is 24.3 Å². The molecule has 19 heavy (non-hydrogen) atoms. The lowest BCUT2D eigenvalue weighted by molar-refractivity contribution is -0.157. The van der Waals surface area contributed by atoms with E-state index in [9.17, 15) is 9.59 Å². The van der Waals surface area contributed by atoms with E-state index in [1.54, 1.807) is 13.8 Å². The van der Waals surface area contributed by atoms with Gasteiger partial charge in [0.05, 0.1) is 18.2 Å². The van der Waals surface area contributed by atoms with Crippen LogP contribution in [0.4, 0.5) is 0 Å². The van der Waals surface area contributed by atoms with Gasteiger partial charge in [-0.3, -0.25) is 9.59 Å². The van der Waals surface area contributed by atoms with Crippen molar-refractivity contribution < 1.29 is 19.1 Å². The first-order valence-corrected chi connectivity index (χ1v) is 6.00. The Hall–Kier alpha value is -2.35. The smallest absolute Gasteiger partial charge is 0.325 e. The normalized spacial score (nSPS) is 11.2. The van der Waals surface area contributed by atoms with E-state index in [-0.39, 0.29) is 6.61 Å². The zero-order valence-corrected chi connectivity index (χ0v) is 10.9. The van der Waals surface area contributed by atoms with Gasteiger partial charge < -0.3 is 9.47 Å². The summed E-state index contributed by atoms with van der Waals surface area (Å²) in [5, 5.41) is 8.65. The van der Waals surface area contributed by atoms with Crippen molar-refractivity contribution in [3.05, 3.63) is 29.8 Å². The molecule has 0 radical (unpaired) electrons. The minimum atomic E-state index is -0.921. The molecule has 100 valence electrons. The third kappa shape index (κ3) is 4.11. The van der Waals surface area contributed by atoms with Gasteiger partial charge in [0.25, 0.3) is 0 Å². The van der Waals surface area contributed by atoms with Gasteiger partial charge in [0.2, 0.25) is 0 Å². The van der Waals surface area contributed by atoms with E-state index in [2.05, 4.69) is 0 Å². The number of ether oxygens (including phenoxy) is 2. The molecule has 1 aromatic carbocycles. The molecule has 1 atom stereocenters. The van der Waals surface area contributed by atoms with E-state index in [4.69, 9.17) is 14.7 Å². The zero-order chi connectivity index (χ0) is 14.3. The molecule has 1 aromatic rings. The van der Waals surface area contributed by atoms with Crippen LogP contribution in [0, 0.1) is 17.2 Å². The number of esters is 2. The quantitative estimate of drug-likeness (QED) is 0.460. The van der Waals surface area contributed by atoms with Gasteiger partial charge in [0.15, 0.2) is 5.92 Å². The predicted octanol–water partition coefficient (Wildman–Crippen LogP) is 2.05. The van der Waals surface area contributed by atoms with Gasteiger partial charge in [-0.2, -0.15) is 5.26 Å². The summed E-state index contributed by atoms with van der Waals surface area (Å²) in [5.74, 6) is -1.85. The molecule has 5 heteroatoms. The molecule has 0 aliphatic heterocycles. The summed E-state index contributed by atoms with van der Waals surface area (Å²) in [7, 11) is 0. The number of nitrogens with zero attached hydrogens (tertiary/aromatic N) is 1. The van der Waals surface area contributed by atoms with E-state index in [0.717, 1.165) is 0 Å². The second kappa shape index (κ2) is 7.17. The summed E-state index contributed by atoms with van der Waals surface area (Å²) in [6.45, 7) is 3.61. The van der Waals surface area contributed by atoms with Crippen LogP contribution in [0.15, 0.2) is 24.3 Å². The van der Waals surface area contributed by atoms with Gasteiger partial charge in [0, 0.05) is 0 Å². The maximum atomic E-state index is 11.8. The fourth-order valence-electron chi connectivity index (χ4n) is 1.46. The number of carbonyl (C=O) groups excluding carboxylic acids is 2. The first-order chi connectivity index (χ1) is 9.12.